The van der Waals surface area contributed by atoms with Gasteiger partial charge in [-0.25, -0.2) is 0 Å². The van der Waals surface area contributed by atoms with E-state index < -0.39 is 11.8 Å². The van der Waals surface area contributed by atoms with Crippen molar-refractivity contribution < 1.29 is 9.59 Å². The molecule has 1 saturated heterocycles. The van der Waals surface area contributed by atoms with Gasteiger partial charge < -0.3 is 0 Å². The molecule has 1 aromatic heterocycles. The number of carbonyl (C=O) groups is 2. The Bertz CT molecular complexity index is 1000. The number of para-hydroxylation sites is 2. The average Bonchev–Trinajstić information content (AvgIpc) is 2.74. The zero-order valence-corrected chi connectivity index (χ0v) is 15.5. The van der Waals surface area contributed by atoms with Crippen LogP contribution < -0.4 is 9.80 Å². The van der Waals surface area contributed by atoms with Gasteiger partial charge >= 0.3 is 0 Å². The van der Waals surface area contributed by atoms with Crippen LogP contribution in [0.2, 0.25) is 0 Å². The molecule has 2 heterocycles. The molecule has 0 bridgehead atoms. The molecule has 0 N–H and O–H groups in total. The molecular weight excluding hydrogens is 370 g/mol. The molecule has 1 aliphatic rings. The van der Waals surface area contributed by atoms with Gasteiger partial charge in [0.25, 0.3) is 11.8 Å². The van der Waals surface area contributed by atoms with E-state index in [1.165, 1.54) is 9.80 Å². The number of rotatable bonds is 3. The van der Waals surface area contributed by atoms with E-state index in [2.05, 4.69) is 4.98 Å². The van der Waals surface area contributed by atoms with Crippen molar-refractivity contribution in [3.8, 4) is 0 Å². The van der Waals surface area contributed by atoms with Crippen molar-refractivity contribution in [3.05, 3.63) is 96.3 Å². The number of pyridine rings is 1. The van der Waals surface area contributed by atoms with E-state index >= 15 is 0 Å². The van der Waals surface area contributed by atoms with E-state index in [9.17, 15) is 9.59 Å². The van der Waals surface area contributed by atoms with Crippen LogP contribution in [-0.4, -0.2) is 21.9 Å². The molecule has 6 heteroatoms. The predicted molar refractivity (Wildman–Crippen MR) is 113 cm³/mol. The molecule has 1 fully saturated rings. The van der Waals surface area contributed by atoms with Crippen LogP contribution in [0.25, 0.3) is 6.08 Å². The molecule has 0 saturated carbocycles. The molecule has 3 aromatic rings. The smallest absolute Gasteiger partial charge is 0.268 e. The molecule has 0 spiro atoms. The van der Waals surface area contributed by atoms with Crippen LogP contribution >= 0.6 is 12.2 Å². The van der Waals surface area contributed by atoms with Crippen LogP contribution in [0.4, 0.5) is 11.4 Å². The van der Waals surface area contributed by atoms with Crippen LogP contribution in [0.1, 0.15) is 5.56 Å². The van der Waals surface area contributed by atoms with Crippen molar-refractivity contribution >= 4 is 46.6 Å². The first-order valence-corrected chi connectivity index (χ1v) is 9.02. The Kier molecular flexibility index (Phi) is 4.78. The van der Waals surface area contributed by atoms with Crippen LogP contribution in [0, 0.1) is 0 Å². The zero-order valence-electron chi connectivity index (χ0n) is 14.7. The van der Waals surface area contributed by atoms with Gasteiger partial charge in [-0.15, -0.1) is 0 Å². The van der Waals surface area contributed by atoms with Gasteiger partial charge in [0.2, 0.25) is 0 Å². The number of hydrogen-bond donors (Lipinski definition) is 0. The molecule has 5 nitrogen and oxygen atoms in total. The van der Waals surface area contributed by atoms with Gasteiger partial charge in [-0.05, 0) is 60.3 Å². The number of hydrogen-bond acceptors (Lipinski definition) is 4. The highest BCUT2D eigenvalue weighted by molar-refractivity contribution is 7.81. The van der Waals surface area contributed by atoms with E-state index in [0.717, 1.165) is 0 Å². The lowest BCUT2D eigenvalue weighted by atomic mass is 10.1. The summed E-state index contributed by atoms with van der Waals surface area (Å²) >= 11 is 5.56. The molecule has 0 radical (unpaired) electrons. The molecule has 1 aliphatic heterocycles. The molecule has 2 amide bonds. The average molecular weight is 385 g/mol. The number of benzene rings is 2. The Hall–Kier alpha value is -3.64. The summed E-state index contributed by atoms with van der Waals surface area (Å²) in [5.41, 5.74) is 1.95. The van der Waals surface area contributed by atoms with Crippen molar-refractivity contribution in [3.63, 3.8) is 0 Å². The standard InChI is InChI=1S/C22H15N3O2S/c26-20-19(15-16-11-13-23-14-12-16)21(27)25(18-9-5-2-6-10-18)22(28)24(20)17-7-3-1-4-8-17/h1-15H. The highest BCUT2D eigenvalue weighted by Gasteiger charge is 2.41. The Labute approximate surface area is 167 Å². The quantitative estimate of drug-likeness (QED) is 0.391. The lowest BCUT2D eigenvalue weighted by molar-refractivity contribution is -0.120. The molecule has 136 valence electrons. The van der Waals surface area contributed by atoms with Crippen LogP contribution in [0.15, 0.2) is 90.8 Å². The zero-order chi connectivity index (χ0) is 19.5. The summed E-state index contributed by atoms with van der Waals surface area (Å²) in [4.78, 5) is 33.2. The van der Waals surface area contributed by atoms with Gasteiger partial charge in [0.1, 0.15) is 5.57 Å². The third-order valence-corrected chi connectivity index (χ3v) is 4.66. The lowest BCUT2D eigenvalue weighted by Gasteiger charge is -2.36. The Morgan fingerprint density at radius 2 is 1.18 bits per heavy atom. The maximum Gasteiger partial charge on any atom is 0.270 e. The summed E-state index contributed by atoms with van der Waals surface area (Å²) in [6, 6.07) is 21.6. The van der Waals surface area contributed by atoms with E-state index in [1.54, 1.807) is 54.9 Å². The second kappa shape index (κ2) is 7.54. The monoisotopic (exact) mass is 385 g/mol. The summed E-state index contributed by atoms with van der Waals surface area (Å²) in [6.07, 6.45) is 4.79. The second-order valence-corrected chi connectivity index (χ2v) is 6.44. The van der Waals surface area contributed by atoms with Crippen molar-refractivity contribution in [1.82, 2.24) is 4.98 Å². The number of thiocarbonyl (C=S) groups is 1. The Morgan fingerprint density at radius 1 is 0.714 bits per heavy atom. The molecule has 0 atom stereocenters. The third kappa shape index (κ3) is 3.21. The summed E-state index contributed by atoms with van der Waals surface area (Å²) in [5, 5.41) is 0.124. The normalized spacial score (nSPS) is 14.4. The first-order chi connectivity index (χ1) is 13.7. The van der Waals surface area contributed by atoms with Gasteiger partial charge in [0.15, 0.2) is 5.11 Å². The first kappa shape index (κ1) is 17.8. The molecule has 2 aromatic carbocycles. The minimum Gasteiger partial charge on any atom is -0.268 e. The van der Waals surface area contributed by atoms with Crippen molar-refractivity contribution in [1.29, 1.82) is 0 Å². The summed E-state index contributed by atoms with van der Waals surface area (Å²) in [6.45, 7) is 0. The first-order valence-electron chi connectivity index (χ1n) is 8.61. The largest absolute Gasteiger partial charge is 0.270 e. The molecular formula is C22H15N3O2S. The van der Waals surface area contributed by atoms with Crippen molar-refractivity contribution in [2.75, 3.05) is 9.80 Å². The fraction of sp³-hybridized carbons (Fsp3) is 0. The number of amides is 2. The fourth-order valence-corrected chi connectivity index (χ4v) is 3.34. The maximum atomic E-state index is 13.2. The Balaban J connectivity index is 1.87. The van der Waals surface area contributed by atoms with Gasteiger partial charge in [-0.3, -0.25) is 24.4 Å². The fourth-order valence-electron chi connectivity index (χ4n) is 2.97. The van der Waals surface area contributed by atoms with Crippen LogP contribution in [0.3, 0.4) is 0 Å². The van der Waals surface area contributed by atoms with Gasteiger partial charge in [0.05, 0.1) is 11.4 Å². The lowest BCUT2D eigenvalue weighted by Crippen LogP contribution is -2.56. The Morgan fingerprint density at radius 3 is 1.64 bits per heavy atom. The van der Waals surface area contributed by atoms with E-state index in [1.807, 2.05) is 36.4 Å². The minimum absolute atomic E-state index is 0.0347. The van der Waals surface area contributed by atoms with Crippen molar-refractivity contribution in [2.45, 2.75) is 0 Å². The van der Waals surface area contributed by atoms with Crippen LogP contribution in [-0.2, 0) is 9.59 Å². The maximum absolute atomic E-state index is 13.2. The topological polar surface area (TPSA) is 53.5 Å². The van der Waals surface area contributed by atoms with E-state index in [0.29, 0.717) is 16.9 Å². The highest BCUT2D eigenvalue weighted by atomic mass is 32.1. The summed E-state index contributed by atoms with van der Waals surface area (Å²) in [7, 11) is 0. The van der Waals surface area contributed by atoms with E-state index in [4.69, 9.17) is 12.2 Å². The molecule has 0 unspecified atom stereocenters. The SMILES string of the molecule is O=C1C(=Cc2ccncc2)C(=O)N(c2ccccc2)C(=S)N1c1ccccc1. The number of nitrogens with zero attached hydrogens (tertiary/aromatic N) is 3. The molecule has 4 rings (SSSR count). The van der Waals surface area contributed by atoms with Crippen LogP contribution in [0.5, 0.6) is 0 Å². The van der Waals surface area contributed by atoms with Gasteiger partial charge in [0, 0.05) is 12.4 Å². The van der Waals surface area contributed by atoms with E-state index in [-0.39, 0.29) is 10.7 Å². The summed E-state index contributed by atoms with van der Waals surface area (Å²) in [5.74, 6) is -0.907. The highest BCUT2D eigenvalue weighted by Crippen LogP contribution is 2.29. The minimum atomic E-state index is -0.454. The summed E-state index contributed by atoms with van der Waals surface area (Å²) < 4.78 is 0. The van der Waals surface area contributed by atoms with Gasteiger partial charge in [-0.1, -0.05) is 36.4 Å². The number of carbonyl (C=O) groups excluding carboxylic acids is 2. The molecule has 0 aliphatic carbocycles. The van der Waals surface area contributed by atoms with Gasteiger partial charge in [-0.2, -0.15) is 0 Å². The third-order valence-electron chi connectivity index (χ3n) is 4.30. The second-order valence-electron chi connectivity index (χ2n) is 6.07. The number of anilines is 2. The predicted octanol–water partition coefficient (Wildman–Crippen LogP) is 3.83. The van der Waals surface area contributed by atoms with Crippen molar-refractivity contribution in [2.24, 2.45) is 0 Å². The number of aromatic nitrogens is 1. The molecule has 28 heavy (non-hydrogen) atoms.